The highest BCUT2D eigenvalue weighted by molar-refractivity contribution is 7.98. The molecule has 1 atom stereocenters. The van der Waals surface area contributed by atoms with Crippen LogP contribution in [0.15, 0.2) is 5.16 Å². The van der Waals surface area contributed by atoms with Gasteiger partial charge >= 0.3 is 0 Å². The predicted molar refractivity (Wildman–Crippen MR) is 74.8 cm³/mol. The minimum Gasteiger partial charge on any atom is -0.383 e. The van der Waals surface area contributed by atoms with Gasteiger partial charge in [-0.3, -0.25) is 0 Å². The molecule has 0 bridgehead atoms. The molecule has 0 saturated carbocycles. The molecule has 2 heterocycles. The third kappa shape index (κ3) is 1.81. The maximum absolute atomic E-state index is 6.08. The van der Waals surface area contributed by atoms with Crippen LogP contribution in [-0.4, -0.2) is 16.2 Å². The van der Waals surface area contributed by atoms with Crippen molar-refractivity contribution in [3.8, 4) is 0 Å². The monoisotopic (exact) mass is 265 g/mol. The first kappa shape index (κ1) is 11.3. The van der Waals surface area contributed by atoms with Crippen molar-refractivity contribution in [1.29, 1.82) is 0 Å². The van der Waals surface area contributed by atoms with Crippen LogP contribution in [0.2, 0.25) is 0 Å². The molecule has 0 fully saturated rings. The second-order valence-corrected chi connectivity index (χ2v) is 6.48. The van der Waals surface area contributed by atoms with Crippen LogP contribution in [0.3, 0.4) is 0 Å². The van der Waals surface area contributed by atoms with Gasteiger partial charge in [0.1, 0.15) is 10.6 Å². The zero-order chi connectivity index (χ0) is 12.0. The zero-order valence-corrected chi connectivity index (χ0v) is 11.6. The topological polar surface area (TPSA) is 51.8 Å². The van der Waals surface area contributed by atoms with Crippen molar-refractivity contribution in [2.24, 2.45) is 5.92 Å². The van der Waals surface area contributed by atoms with E-state index in [1.165, 1.54) is 23.3 Å². The van der Waals surface area contributed by atoms with Crippen LogP contribution in [0.4, 0.5) is 5.82 Å². The standard InChI is InChI=1S/C12H15N3S2/c1-6-3-4-7-8(5-6)17-11-9(7)10(13)14-12(15-11)16-2/h6H,3-5H2,1-2H3,(H2,13,14,15). The van der Waals surface area contributed by atoms with Crippen LogP contribution < -0.4 is 5.73 Å². The maximum atomic E-state index is 6.08. The fourth-order valence-corrected chi connectivity index (χ4v) is 4.26. The summed E-state index contributed by atoms with van der Waals surface area (Å²) >= 11 is 3.35. The van der Waals surface area contributed by atoms with Crippen molar-refractivity contribution in [2.45, 2.75) is 31.3 Å². The summed E-state index contributed by atoms with van der Waals surface area (Å²) in [6, 6.07) is 0. The number of nitrogens with two attached hydrogens (primary N) is 1. The Hall–Kier alpha value is -0.810. The van der Waals surface area contributed by atoms with Crippen LogP contribution in [-0.2, 0) is 12.8 Å². The lowest BCUT2D eigenvalue weighted by Crippen LogP contribution is -2.09. The number of hydrogen-bond donors (Lipinski definition) is 1. The number of hydrogen-bond acceptors (Lipinski definition) is 5. The molecule has 90 valence electrons. The molecule has 0 aromatic carbocycles. The van der Waals surface area contributed by atoms with E-state index in [0.717, 1.165) is 27.7 Å². The maximum Gasteiger partial charge on any atom is 0.190 e. The fraction of sp³-hybridized carbons (Fsp3) is 0.500. The van der Waals surface area contributed by atoms with Crippen LogP contribution in [0.1, 0.15) is 23.8 Å². The van der Waals surface area contributed by atoms with E-state index in [2.05, 4.69) is 16.9 Å². The third-order valence-corrected chi connectivity index (χ3v) is 5.04. The number of nitrogen functional groups attached to an aromatic ring is 1. The summed E-state index contributed by atoms with van der Waals surface area (Å²) in [6.45, 7) is 2.32. The zero-order valence-electron chi connectivity index (χ0n) is 9.99. The Labute approximate surface area is 109 Å². The Morgan fingerprint density at radius 2 is 2.24 bits per heavy atom. The van der Waals surface area contributed by atoms with Gasteiger partial charge in [-0.05, 0) is 37.0 Å². The molecule has 0 aliphatic heterocycles. The summed E-state index contributed by atoms with van der Waals surface area (Å²) < 4.78 is 0. The Morgan fingerprint density at radius 3 is 3.00 bits per heavy atom. The minimum atomic E-state index is 0.659. The first-order chi connectivity index (χ1) is 8.19. The van der Waals surface area contributed by atoms with Crippen molar-refractivity contribution in [3.63, 3.8) is 0 Å². The van der Waals surface area contributed by atoms with Crippen molar-refractivity contribution in [1.82, 2.24) is 9.97 Å². The Bertz CT molecular complexity index is 577. The average molecular weight is 265 g/mol. The summed E-state index contributed by atoms with van der Waals surface area (Å²) in [6.07, 6.45) is 5.53. The molecule has 1 aliphatic rings. The van der Waals surface area contributed by atoms with Gasteiger partial charge in [0.05, 0.1) is 5.39 Å². The number of nitrogens with zero attached hydrogens (tertiary/aromatic N) is 2. The van der Waals surface area contributed by atoms with Crippen LogP contribution in [0.5, 0.6) is 0 Å². The molecule has 1 aliphatic carbocycles. The second-order valence-electron chi connectivity index (χ2n) is 4.63. The lowest BCUT2D eigenvalue weighted by atomic mass is 9.89. The first-order valence-electron chi connectivity index (χ1n) is 5.80. The van der Waals surface area contributed by atoms with E-state index in [-0.39, 0.29) is 0 Å². The summed E-state index contributed by atoms with van der Waals surface area (Å²) in [5.74, 6) is 1.44. The molecule has 3 nitrogen and oxygen atoms in total. The van der Waals surface area contributed by atoms with Crippen molar-refractivity contribution in [3.05, 3.63) is 10.4 Å². The smallest absolute Gasteiger partial charge is 0.190 e. The number of aryl methyl sites for hydroxylation is 1. The van der Waals surface area contributed by atoms with Crippen molar-refractivity contribution < 1.29 is 0 Å². The number of rotatable bonds is 1. The minimum absolute atomic E-state index is 0.659. The highest BCUT2D eigenvalue weighted by Gasteiger charge is 2.22. The predicted octanol–water partition coefficient (Wildman–Crippen LogP) is 3.12. The first-order valence-corrected chi connectivity index (χ1v) is 7.85. The number of thioether (sulfide) groups is 1. The van der Waals surface area contributed by atoms with E-state index in [0.29, 0.717) is 5.82 Å². The van der Waals surface area contributed by atoms with Gasteiger partial charge in [-0.2, -0.15) is 0 Å². The van der Waals surface area contributed by atoms with Crippen LogP contribution in [0.25, 0.3) is 10.2 Å². The number of thiophene rings is 1. The number of anilines is 1. The Kier molecular flexibility index (Phi) is 2.75. The molecule has 3 rings (SSSR count). The molecule has 2 N–H and O–H groups in total. The molecule has 0 saturated heterocycles. The van der Waals surface area contributed by atoms with E-state index < -0.39 is 0 Å². The van der Waals surface area contributed by atoms with E-state index >= 15 is 0 Å². The Morgan fingerprint density at radius 1 is 1.41 bits per heavy atom. The third-order valence-electron chi connectivity index (χ3n) is 3.35. The lowest BCUT2D eigenvalue weighted by molar-refractivity contribution is 0.509. The molecule has 17 heavy (non-hydrogen) atoms. The highest BCUT2D eigenvalue weighted by Crippen LogP contribution is 2.39. The second kappa shape index (κ2) is 4.14. The summed E-state index contributed by atoms with van der Waals surface area (Å²) in [5.41, 5.74) is 7.49. The van der Waals surface area contributed by atoms with Gasteiger partial charge in [-0.1, -0.05) is 18.7 Å². The SMILES string of the molecule is CSc1nc(N)c2c3c(sc2n1)CC(C)CC3. The largest absolute Gasteiger partial charge is 0.383 e. The molecular weight excluding hydrogens is 250 g/mol. The van der Waals surface area contributed by atoms with Gasteiger partial charge in [0, 0.05) is 4.88 Å². The van der Waals surface area contributed by atoms with Crippen molar-refractivity contribution >= 4 is 39.1 Å². The summed E-state index contributed by atoms with van der Waals surface area (Å²) in [5, 5.41) is 1.90. The van der Waals surface area contributed by atoms with Gasteiger partial charge in [-0.25, -0.2) is 9.97 Å². The number of fused-ring (bicyclic) bond motifs is 3. The molecular formula is C12H15N3S2. The van der Waals surface area contributed by atoms with Gasteiger partial charge in [0.15, 0.2) is 5.16 Å². The molecule has 0 radical (unpaired) electrons. The highest BCUT2D eigenvalue weighted by atomic mass is 32.2. The van der Waals surface area contributed by atoms with Gasteiger partial charge in [0.25, 0.3) is 0 Å². The normalized spacial score (nSPS) is 19.5. The van der Waals surface area contributed by atoms with E-state index in [4.69, 9.17) is 5.73 Å². The number of aromatic nitrogens is 2. The molecule has 0 amide bonds. The van der Waals surface area contributed by atoms with Gasteiger partial charge < -0.3 is 5.73 Å². The van der Waals surface area contributed by atoms with Crippen LogP contribution in [0, 0.1) is 5.92 Å². The van der Waals surface area contributed by atoms with E-state index in [1.807, 2.05) is 6.26 Å². The van der Waals surface area contributed by atoms with E-state index in [9.17, 15) is 0 Å². The molecule has 2 aromatic rings. The molecule has 2 aromatic heterocycles. The summed E-state index contributed by atoms with van der Waals surface area (Å²) in [7, 11) is 0. The summed E-state index contributed by atoms with van der Waals surface area (Å²) in [4.78, 5) is 11.5. The fourth-order valence-electron chi connectivity index (χ4n) is 2.44. The molecule has 5 heteroatoms. The Balaban J connectivity index is 2.24. The van der Waals surface area contributed by atoms with Gasteiger partial charge in [-0.15, -0.1) is 11.3 Å². The van der Waals surface area contributed by atoms with Crippen LogP contribution >= 0.6 is 23.1 Å². The lowest BCUT2D eigenvalue weighted by Gasteiger charge is -2.17. The molecule has 0 spiro atoms. The van der Waals surface area contributed by atoms with E-state index in [1.54, 1.807) is 23.1 Å². The average Bonchev–Trinajstić information content (AvgIpc) is 2.66. The quantitative estimate of drug-likeness (QED) is 0.636. The van der Waals surface area contributed by atoms with Crippen molar-refractivity contribution in [2.75, 3.05) is 12.0 Å². The van der Waals surface area contributed by atoms with Gasteiger partial charge in [0.2, 0.25) is 0 Å². The molecule has 1 unspecified atom stereocenters.